The second-order valence-corrected chi connectivity index (χ2v) is 2.68. The van der Waals surface area contributed by atoms with E-state index in [1.807, 2.05) is 31.2 Å². The molecule has 12 heavy (non-hydrogen) atoms. The van der Waals surface area contributed by atoms with Crippen molar-refractivity contribution in [2.75, 3.05) is 0 Å². The van der Waals surface area contributed by atoms with Crippen LogP contribution in [0.5, 0.6) is 0 Å². The molecule has 0 fully saturated rings. The Balaban J connectivity index is 2.76. The first-order valence-electron chi connectivity index (χ1n) is 3.82. The third-order valence-corrected chi connectivity index (χ3v) is 1.67. The Labute approximate surface area is 70.5 Å². The van der Waals surface area contributed by atoms with Crippen LogP contribution in [0, 0.1) is 0 Å². The van der Waals surface area contributed by atoms with Gasteiger partial charge in [0.25, 0.3) is 0 Å². The number of fused-ring (bicyclic) bond motifs is 1. The maximum Gasteiger partial charge on any atom is 0.111 e. The molecule has 0 aromatic heterocycles. The van der Waals surface area contributed by atoms with E-state index in [9.17, 15) is 0 Å². The molecule has 1 aliphatic rings. The van der Waals surface area contributed by atoms with Gasteiger partial charge in [-0.25, -0.2) is 4.99 Å². The van der Waals surface area contributed by atoms with Gasteiger partial charge in [-0.2, -0.15) is 0 Å². The molecule has 2 heteroatoms. The van der Waals surface area contributed by atoms with Crippen LogP contribution in [-0.2, 0) is 4.74 Å². The summed E-state index contributed by atoms with van der Waals surface area (Å²) in [4.78, 5) is 4.34. The van der Waals surface area contributed by atoms with Crippen molar-refractivity contribution in [2.45, 2.75) is 6.92 Å². The highest BCUT2D eigenvalue weighted by molar-refractivity contribution is 5.20. The minimum atomic E-state index is 0.885. The number of para-hydroxylation sites is 1. The molecule has 0 saturated heterocycles. The van der Waals surface area contributed by atoms with Crippen LogP contribution in [0.25, 0.3) is 6.26 Å². The fraction of sp³-hybridized carbons (Fsp3) is 0.100. The van der Waals surface area contributed by atoms with Gasteiger partial charge in [-0.05, 0) is 19.1 Å². The van der Waals surface area contributed by atoms with Crippen molar-refractivity contribution in [2.24, 2.45) is 4.99 Å². The number of nitrogens with zero attached hydrogens (tertiary/aromatic N) is 1. The van der Waals surface area contributed by atoms with Crippen LogP contribution in [0.15, 0.2) is 41.2 Å². The van der Waals surface area contributed by atoms with Gasteiger partial charge in [-0.3, -0.25) is 0 Å². The van der Waals surface area contributed by atoms with Crippen LogP contribution in [0.1, 0.15) is 6.92 Å². The van der Waals surface area contributed by atoms with E-state index in [1.54, 1.807) is 12.5 Å². The average Bonchev–Trinajstić information content (AvgIpc) is 2.25. The number of hydrogen-bond acceptors (Lipinski definition) is 2. The smallest absolute Gasteiger partial charge is 0.111 e. The fourth-order valence-electron chi connectivity index (χ4n) is 1.11. The Morgan fingerprint density at radius 3 is 2.92 bits per heavy atom. The van der Waals surface area contributed by atoms with E-state index in [-0.39, 0.29) is 0 Å². The predicted octanol–water partition coefficient (Wildman–Crippen LogP) is 0.936. The minimum absolute atomic E-state index is 0.885. The first-order valence-corrected chi connectivity index (χ1v) is 3.82. The number of hydrogen-bond donors (Lipinski definition) is 0. The predicted molar refractivity (Wildman–Crippen MR) is 46.5 cm³/mol. The lowest BCUT2D eigenvalue weighted by Crippen LogP contribution is -2.23. The van der Waals surface area contributed by atoms with Gasteiger partial charge in [-0.15, -0.1) is 0 Å². The molecule has 1 aromatic rings. The van der Waals surface area contributed by atoms with Gasteiger partial charge >= 0.3 is 0 Å². The zero-order valence-electron chi connectivity index (χ0n) is 6.82. The fourth-order valence-corrected chi connectivity index (χ4v) is 1.11. The molecular weight excluding hydrogens is 150 g/mol. The molecule has 0 amide bonds. The SMILES string of the molecule is CC1=COC=c2ccccc2=N1. The summed E-state index contributed by atoms with van der Waals surface area (Å²) in [5, 5.41) is 1.98. The van der Waals surface area contributed by atoms with Gasteiger partial charge in [0, 0.05) is 5.22 Å². The summed E-state index contributed by atoms with van der Waals surface area (Å²) in [7, 11) is 0. The molecule has 2 rings (SSSR count). The maximum atomic E-state index is 5.15. The van der Waals surface area contributed by atoms with Crippen molar-refractivity contribution in [3.05, 3.63) is 46.8 Å². The van der Waals surface area contributed by atoms with E-state index >= 15 is 0 Å². The summed E-state index contributed by atoms with van der Waals surface area (Å²) in [5.74, 6) is 0. The zero-order chi connectivity index (χ0) is 8.39. The monoisotopic (exact) mass is 159 g/mol. The van der Waals surface area contributed by atoms with Crippen LogP contribution in [0.4, 0.5) is 0 Å². The van der Waals surface area contributed by atoms with E-state index < -0.39 is 0 Å². The molecule has 0 radical (unpaired) electrons. The topological polar surface area (TPSA) is 21.6 Å². The lowest BCUT2D eigenvalue weighted by molar-refractivity contribution is 0.455. The molecular formula is C10H9NO. The molecule has 0 N–H and O–H groups in total. The van der Waals surface area contributed by atoms with E-state index in [2.05, 4.69) is 4.99 Å². The highest BCUT2D eigenvalue weighted by atomic mass is 16.5. The van der Waals surface area contributed by atoms with Crippen LogP contribution in [0.3, 0.4) is 0 Å². The van der Waals surface area contributed by atoms with Crippen molar-refractivity contribution in [3.8, 4) is 0 Å². The third-order valence-electron chi connectivity index (χ3n) is 1.67. The summed E-state index contributed by atoms with van der Waals surface area (Å²) >= 11 is 0. The summed E-state index contributed by atoms with van der Waals surface area (Å²) in [5.41, 5.74) is 0.885. The minimum Gasteiger partial charge on any atom is -0.470 e. The van der Waals surface area contributed by atoms with Crippen molar-refractivity contribution >= 4 is 6.26 Å². The van der Waals surface area contributed by atoms with Crippen LogP contribution in [0.2, 0.25) is 0 Å². The largest absolute Gasteiger partial charge is 0.470 e. The second kappa shape index (κ2) is 2.81. The molecule has 0 saturated carbocycles. The zero-order valence-corrected chi connectivity index (χ0v) is 6.82. The lowest BCUT2D eigenvalue weighted by atomic mass is 10.3. The Hall–Kier alpha value is -1.57. The maximum absolute atomic E-state index is 5.15. The Bertz CT molecular complexity index is 431. The van der Waals surface area contributed by atoms with E-state index in [0.717, 1.165) is 16.3 Å². The molecule has 60 valence electrons. The summed E-state index contributed by atoms with van der Waals surface area (Å²) < 4.78 is 5.15. The van der Waals surface area contributed by atoms with Gasteiger partial charge in [0.2, 0.25) is 0 Å². The Kier molecular flexibility index (Phi) is 1.67. The Morgan fingerprint density at radius 1 is 1.17 bits per heavy atom. The highest BCUT2D eigenvalue weighted by Crippen LogP contribution is 1.95. The molecule has 2 nitrogen and oxygen atoms in total. The van der Waals surface area contributed by atoms with Gasteiger partial charge in [0.15, 0.2) is 0 Å². The van der Waals surface area contributed by atoms with Crippen molar-refractivity contribution in [1.29, 1.82) is 0 Å². The third kappa shape index (κ3) is 1.23. The summed E-state index contributed by atoms with van der Waals surface area (Å²) in [6, 6.07) is 7.88. The number of allylic oxidation sites excluding steroid dienone is 1. The van der Waals surface area contributed by atoms with Gasteiger partial charge in [-0.1, -0.05) is 12.1 Å². The van der Waals surface area contributed by atoms with Crippen LogP contribution >= 0.6 is 0 Å². The molecule has 0 atom stereocenters. The van der Waals surface area contributed by atoms with Crippen molar-refractivity contribution in [1.82, 2.24) is 0 Å². The van der Waals surface area contributed by atoms with E-state index in [4.69, 9.17) is 4.74 Å². The lowest BCUT2D eigenvalue weighted by Gasteiger charge is -1.86. The Morgan fingerprint density at radius 2 is 2.00 bits per heavy atom. The molecule has 0 bridgehead atoms. The summed E-state index contributed by atoms with van der Waals surface area (Å²) in [6.45, 7) is 1.91. The standard InChI is InChI=1S/C10H9NO/c1-8-6-12-7-9-4-2-3-5-10(9)11-8/h2-7H,1H3. The van der Waals surface area contributed by atoms with Crippen LogP contribution in [-0.4, -0.2) is 0 Å². The molecule has 0 unspecified atom stereocenters. The second-order valence-electron chi connectivity index (χ2n) is 2.68. The average molecular weight is 159 g/mol. The van der Waals surface area contributed by atoms with Crippen molar-refractivity contribution in [3.63, 3.8) is 0 Å². The molecule has 1 aromatic carbocycles. The summed E-state index contributed by atoms with van der Waals surface area (Å²) in [6.07, 6.45) is 3.34. The quantitative estimate of drug-likeness (QED) is 0.552. The van der Waals surface area contributed by atoms with Gasteiger partial charge < -0.3 is 4.74 Å². The number of ether oxygens (including phenoxy) is 1. The molecule has 1 aliphatic heterocycles. The van der Waals surface area contributed by atoms with E-state index in [1.165, 1.54) is 0 Å². The van der Waals surface area contributed by atoms with E-state index in [0.29, 0.717) is 0 Å². The van der Waals surface area contributed by atoms with Gasteiger partial charge in [0.05, 0.1) is 17.3 Å². The van der Waals surface area contributed by atoms with Gasteiger partial charge in [0.1, 0.15) is 6.26 Å². The first-order chi connectivity index (χ1) is 5.86. The van der Waals surface area contributed by atoms with Crippen LogP contribution < -0.4 is 10.6 Å². The molecule has 0 spiro atoms. The number of benzene rings is 1. The normalized spacial score (nSPS) is 14.2. The molecule has 0 aliphatic carbocycles. The molecule has 1 heterocycles. The highest BCUT2D eigenvalue weighted by Gasteiger charge is 1.91. The first kappa shape index (κ1) is 7.10. The number of rotatable bonds is 0. The van der Waals surface area contributed by atoms with Crippen molar-refractivity contribution < 1.29 is 4.74 Å².